The first-order valence-corrected chi connectivity index (χ1v) is 11.6. The van der Waals surface area contributed by atoms with Crippen molar-refractivity contribution < 1.29 is 13.5 Å². The van der Waals surface area contributed by atoms with Crippen LogP contribution in [-0.4, -0.2) is 39.5 Å². The summed E-state index contributed by atoms with van der Waals surface area (Å²) in [5.41, 5.74) is 7.76. The summed E-state index contributed by atoms with van der Waals surface area (Å²) in [4.78, 5) is 8.52. The molecule has 1 aliphatic carbocycles. The number of hydrogen-bond donors (Lipinski definition) is 3. The average Bonchev–Trinajstić information content (AvgIpc) is 3.08. The highest BCUT2D eigenvalue weighted by atomic mass is 35.5. The van der Waals surface area contributed by atoms with Crippen LogP contribution in [0.25, 0.3) is 16.9 Å². The molecule has 4 N–H and O–H groups in total. The summed E-state index contributed by atoms with van der Waals surface area (Å²) in [7, 11) is -3.84. The van der Waals surface area contributed by atoms with Crippen molar-refractivity contribution in [2.24, 2.45) is 0 Å². The summed E-state index contributed by atoms with van der Waals surface area (Å²) in [5.74, 6) is 0.304. The fourth-order valence-corrected chi connectivity index (χ4v) is 5.69. The largest absolute Gasteiger partial charge is 0.390 e. The first-order valence-electron chi connectivity index (χ1n) is 9.70. The number of sulfonamides is 1. The van der Waals surface area contributed by atoms with E-state index in [4.69, 9.17) is 17.3 Å². The highest BCUT2D eigenvalue weighted by Gasteiger charge is 2.31. The molecule has 1 aromatic carbocycles. The number of hydrogen-bond acceptors (Lipinski definition) is 6. The molecule has 0 saturated heterocycles. The first-order chi connectivity index (χ1) is 14.1. The number of nitrogen functional groups attached to an aromatic ring is 1. The summed E-state index contributed by atoms with van der Waals surface area (Å²) in [6.07, 6.45) is 5.66. The van der Waals surface area contributed by atoms with Gasteiger partial charge < -0.3 is 10.8 Å². The van der Waals surface area contributed by atoms with Crippen molar-refractivity contribution in [2.75, 3.05) is 5.73 Å². The van der Waals surface area contributed by atoms with Gasteiger partial charge in [0.15, 0.2) is 11.5 Å². The van der Waals surface area contributed by atoms with Crippen LogP contribution in [0.5, 0.6) is 0 Å². The van der Waals surface area contributed by atoms with Crippen molar-refractivity contribution in [3.8, 4) is 11.3 Å². The Balaban J connectivity index is 1.69. The van der Waals surface area contributed by atoms with Crippen LogP contribution in [0.4, 0.5) is 5.82 Å². The second-order valence-electron chi connectivity index (χ2n) is 8.14. The van der Waals surface area contributed by atoms with E-state index in [2.05, 4.69) is 14.7 Å². The third-order valence-corrected chi connectivity index (χ3v) is 7.54. The van der Waals surface area contributed by atoms with E-state index < -0.39 is 15.6 Å². The van der Waals surface area contributed by atoms with Gasteiger partial charge in [0.1, 0.15) is 4.90 Å². The summed E-state index contributed by atoms with van der Waals surface area (Å²) in [6, 6.07) is 4.61. The molecule has 2 heterocycles. The number of benzene rings is 1. The zero-order chi connectivity index (χ0) is 21.7. The molecular weight excluding hydrogens is 426 g/mol. The SMILES string of the molecule is Cc1cn2c(-c3ccc(Cl)c(S(=O)(=O)N[C@H]4CC[C@](C)(O)CC4)c3)cnc2c(N)n1. The fraction of sp³-hybridized carbons (Fsp3) is 0.400. The molecule has 30 heavy (non-hydrogen) atoms. The van der Waals surface area contributed by atoms with Crippen molar-refractivity contribution >= 4 is 33.1 Å². The minimum absolute atomic E-state index is 0.00713. The number of rotatable bonds is 4. The number of halogens is 1. The standard InChI is InChI=1S/C20H24ClN5O3S/c1-12-11-26-16(10-23-19(26)18(22)24-12)13-3-4-15(21)17(9-13)30(28,29)25-14-5-7-20(2,27)8-6-14/h3-4,9-11,14,25,27H,5-8H2,1-2H3,(H2,22,24)/t14-,20-. The maximum absolute atomic E-state index is 13.1. The molecule has 1 fully saturated rings. The molecule has 0 unspecified atom stereocenters. The number of aryl methyl sites for hydroxylation is 1. The third-order valence-electron chi connectivity index (χ3n) is 5.54. The Morgan fingerprint density at radius 3 is 2.73 bits per heavy atom. The number of imidazole rings is 1. The zero-order valence-electron chi connectivity index (χ0n) is 16.8. The van der Waals surface area contributed by atoms with Crippen LogP contribution in [0.15, 0.2) is 35.5 Å². The molecule has 4 rings (SSSR count). The molecule has 160 valence electrons. The van der Waals surface area contributed by atoms with E-state index in [1.807, 2.05) is 6.92 Å². The number of fused-ring (bicyclic) bond motifs is 1. The molecule has 1 aliphatic rings. The second kappa shape index (κ2) is 7.49. The van der Waals surface area contributed by atoms with Crippen LogP contribution < -0.4 is 10.5 Å². The van der Waals surface area contributed by atoms with Gasteiger partial charge in [0.25, 0.3) is 0 Å². The predicted molar refractivity (Wildman–Crippen MR) is 116 cm³/mol. The smallest absolute Gasteiger partial charge is 0.242 e. The molecule has 3 aromatic rings. The van der Waals surface area contributed by atoms with E-state index in [9.17, 15) is 13.5 Å². The van der Waals surface area contributed by atoms with Gasteiger partial charge in [-0.1, -0.05) is 17.7 Å². The van der Waals surface area contributed by atoms with Gasteiger partial charge in [-0.15, -0.1) is 0 Å². The van der Waals surface area contributed by atoms with Crippen molar-refractivity contribution in [1.82, 2.24) is 19.1 Å². The molecule has 10 heteroatoms. The monoisotopic (exact) mass is 449 g/mol. The predicted octanol–water partition coefficient (Wildman–Crippen LogP) is 2.91. The maximum Gasteiger partial charge on any atom is 0.242 e. The number of aromatic nitrogens is 3. The van der Waals surface area contributed by atoms with Crippen molar-refractivity contribution in [3.63, 3.8) is 0 Å². The average molecular weight is 450 g/mol. The maximum atomic E-state index is 13.1. The van der Waals surface area contributed by atoms with E-state index in [1.54, 1.807) is 41.9 Å². The summed E-state index contributed by atoms with van der Waals surface area (Å²) >= 11 is 6.26. The van der Waals surface area contributed by atoms with E-state index >= 15 is 0 Å². The molecule has 0 radical (unpaired) electrons. The molecule has 0 bridgehead atoms. The molecule has 0 spiro atoms. The number of nitrogens with one attached hydrogen (secondary N) is 1. The minimum atomic E-state index is -3.84. The van der Waals surface area contributed by atoms with Gasteiger partial charge in [0.2, 0.25) is 10.0 Å². The van der Waals surface area contributed by atoms with Crippen molar-refractivity contribution in [2.45, 2.75) is 56.1 Å². The Hall–Kier alpha value is -2.20. The Bertz CT molecular complexity index is 1210. The second-order valence-corrected chi connectivity index (χ2v) is 10.2. The van der Waals surface area contributed by atoms with Crippen molar-refractivity contribution in [3.05, 3.63) is 41.3 Å². The van der Waals surface area contributed by atoms with Crippen molar-refractivity contribution in [1.29, 1.82) is 0 Å². The lowest BCUT2D eigenvalue weighted by Crippen LogP contribution is -2.42. The van der Waals surface area contributed by atoms with Gasteiger partial charge in [0.05, 0.1) is 28.2 Å². The van der Waals surface area contributed by atoms with E-state index in [0.717, 1.165) is 5.69 Å². The van der Waals surface area contributed by atoms with E-state index in [1.165, 1.54) is 0 Å². The van der Waals surface area contributed by atoms with Crippen LogP contribution in [0.1, 0.15) is 38.3 Å². The molecule has 0 amide bonds. The third kappa shape index (κ3) is 4.02. The quantitative estimate of drug-likeness (QED) is 0.562. The molecule has 0 aliphatic heterocycles. The van der Waals surface area contributed by atoms with Crippen LogP contribution >= 0.6 is 11.6 Å². The van der Waals surface area contributed by atoms with E-state index in [-0.39, 0.29) is 16.0 Å². The zero-order valence-corrected chi connectivity index (χ0v) is 18.3. The molecular formula is C20H24ClN5O3S. The Morgan fingerprint density at radius 1 is 1.33 bits per heavy atom. The van der Waals surface area contributed by atoms with Crippen LogP contribution in [0.3, 0.4) is 0 Å². The Kier molecular flexibility index (Phi) is 5.26. The van der Waals surface area contributed by atoms with Gasteiger partial charge >= 0.3 is 0 Å². The highest BCUT2D eigenvalue weighted by molar-refractivity contribution is 7.89. The van der Waals surface area contributed by atoms with Gasteiger partial charge in [0, 0.05) is 17.8 Å². The summed E-state index contributed by atoms with van der Waals surface area (Å²) in [5, 5.41) is 10.2. The number of aliphatic hydroxyl groups is 1. The van der Waals surface area contributed by atoms with Gasteiger partial charge in [-0.05, 0) is 51.7 Å². The summed E-state index contributed by atoms with van der Waals surface area (Å²) < 4.78 is 30.7. The summed E-state index contributed by atoms with van der Waals surface area (Å²) in [6.45, 7) is 3.60. The first kappa shape index (κ1) is 21.0. The Labute approximate surface area is 180 Å². The van der Waals surface area contributed by atoms with Gasteiger partial charge in [-0.25, -0.2) is 23.1 Å². The number of nitrogens with zero attached hydrogens (tertiary/aromatic N) is 3. The topological polar surface area (TPSA) is 123 Å². The minimum Gasteiger partial charge on any atom is -0.390 e. The molecule has 1 saturated carbocycles. The van der Waals surface area contributed by atoms with Gasteiger partial charge in [-0.2, -0.15) is 0 Å². The highest BCUT2D eigenvalue weighted by Crippen LogP contribution is 2.32. The van der Waals surface area contributed by atoms with Crippen LogP contribution in [0.2, 0.25) is 5.02 Å². The lowest BCUT2D eigenvalue weighted by Gasteiger charge is -2.33. The molecule has 2 aromatic heterocycles. The molecule has 0 atom stereocenters. The molecule has 8 nitrogen and oxygen atoms in total. The van der Waals surface area contributed by atoms with E-state index in [0.29, 0.717) is 48.4 Å². The lowest BCUT2D eigenvalue weighted by molar-refractivity contribution is 0.0163. The van der Waals surface area contributed by atoms with Crippen LogP contribution in [0, 0.1) is 6.92 Å². The lowest BCUT2D eigenvalue weighted by atomic mass is 9.84. The van der Waals surface area contributed by atoms with Gasteiger partial charge in [-0.3, -0.25) is 4.40 Å². The normalized spacial score (nSPS) is 22.5. The fourth-order valence-electron chi connectivity index (χ4n) is 3.86. The number of anilines is 1. The van der Waals surface area contributed by atoms with Crippen LogP contribution in [-0.2, 0) is 10.0 Å². The Morgan fingerprint density at radius 2 is 2.03 bits per heavy atom. The number of nitrogens with two attached hydrogens (primary N) is 1.